The standard InChI is InChI=1S/C24H26ClN3O5S/c1-5-10-33-21-16(11-14(25)12-18(21)31-3)20-19(13(2)26-24(34)28-20)22(29)27-17-9-7-6-8-15(17)23(30)32-4/h6-9,11-12,19-20H,2,5,10H2,1,3-4H3,(H,27,29)(H2,26,28,34)/t19-,20+/m0/s1. The van der Waals surface area contributed by atoms with Gasteiger partial charge in [0.1, 0.15) is 5.92 Å². The lowest BCUT2D eigenvalue weighted by Gasteiger charge is -2.36. The van der Waals surface area contributed by atoms with Crippen molar-refractivity contribution in [2.75, 3.05) is 26.1 Å². The summed E-state index contributed by atoms with van der Waals surface area (Å²) in [7, 11) is 2.79. The normalized spacial score (nSPS) is 17.3. The average Bonchev–Trinajstić information content (AvgIpc) is 2.81. The van der Waals surface area contributed by atoms with Crippen molar-refractivity contribution in [2.24, 2.45) is 5.92 Å². The van der Waals surface area contributed by atoms with Gasteiger partial charge < -0.3 is 30.2 Å². The van der Waals surface area contributed by atoms with Gasteiger partial charge in [0.2, 0.25) is 5.91 Å². The molecule has 1 amide bonds. The third kappa shape index (κ3) is 5.43. The van der Waals surface area contributed by atoms with Gasteiger partial charge in [0, 0.05) is 22.3 Å². The Labute approximate surface area is 208 Å². The van der Waals surface area contributed by atoms with Crippen LogP contribution in [0.1, 0.15) is 35.3 Å². The summed E-state index contributed by atoms with van der Waals surface area (Å²) < 4.78 is 16.3. The fourth-order valence-electron chi connectivity index (χ4n) is 3.67. The molecule has 1 fully saturated rings. The topological polar surface area (TPSA) is 97.9 Å². The molecule has 2 aromatic carbocycles. The van der Waals surface area contributed by atoms with Crippen LogP contribution in [0.4, 0.5) is 5.69 Å². The van der Waals surface area contributed by atoms with Gasteiger partial charge in [-0.3, -0.25) is 4.79 Å². The second-order valence-corrected chi connectivity index (χ2v) is 8.33. The first-order chi connectivity index (χ1) is 16.3. The largest absolute Gasteiger partial charge is 0.493 e. The highest BCUT2D eigenvalue weighted by Crippen LogP contribution is 2.42. The molecule has 0 unspecified atom stereocenters. The van der Waals surface area contributed by atoms with E-state index in [4.69, 9.17) is 38.0 Å². The van der Waals surface area contributed by atoms with Crippen molar-refractivity contribution < 1.29 is 23.8 Å². The Hall–Kier alpha value is -3.30. The van der Waals surface area contributed by atoms with Gasteiger partial charge >= 0.3 is 5.97 Å². The zero-order valence-electron chi connectivity index (χ0n) is 19.1. The highest BCUT2D eigenvalue weighted by molar-refractivity contribution is 7.80. The number of esters is 1. The van der Waals surface area contributed by atoms with E-state index in [-0.39, 0.29) is 5.56 Å². The van der Waals surface area contributed by atoms with Crippen LogP contribution in [0.3, 0.4) is 0 Å². The first-order valence-corrected chi connectivity index (χ1v) is 11.3. The molecule has 3 N–H and O–H groups in total. The van der Waals surface area contributed by atoms with E-state index in [2.05, 4.69) is 22.5 Å². The van der Waals surface area contributed by atoms with Crippen LogP contribution in [0, 0.1) is 5.92 Å². The first-order valence-electron chi connectivity index (χ1n) is 10.5. The van der Waals surface area contributed by atoms with E-state index < -0.39 is 23.8 Å². The quantitative estimate of drug-likeness (QED) is 0.364. The average molecular weight is 504 g/mol. The van der Waals surface area contributed by atoms with Crippen molar-refractivity contribution in [3.05, 3.63) is 64.8 Å². The van der Waals surface area contributed by atoms with Gasteiger partial charge in [-0.25, -0.2) is 4.79 Å². The summed E-state index contributed by atoms with van der Waals surface area (Å²) in [6.07, 6.45) is 0.768. The van der Waals surface area contributed by atoms with Crippen LogP contribution in [0.25, 0.3) is 0 Å². The molecule has 0 spiro atoms. The molecule has 1 saturated heterocycles. The fourth-order valence-corrected chi connectivity index (χ4v) is 4.15. The number of carbonyl (C=O) groups is 2. The first kappa shape index (κ1) is 25.3. The molecule has 1 aliphatic rings. The summed E-state index contributed by atoms with van der Waals surface area (Å²) in [6.45, 7) is 6.44. The molecule has 2 atom stereocenters. The smallest absolute Gasteiger partial charge is 0.339 e. The van der Waals surface area contributed by atoms with Crippen molar-refractivity contribution in [3.63, 3.8) is 0 Å². The van der Waals surface area contributed by atoms with E-state index >= 15 is 0 Å². The minimum atomic E-state index is -0.843. The predicted molar refractivity (Wildman–Crippen MR) is 134 cm³/mol. The van der Waals surface area contributed by atoms with Gasteiger partial charge in [-0.1, -0.05) is 37.2 Å². The summed E-state index contributed by atoms with van der Waals surface area (Å²) in [5.74, 6) is -0.944. The summed E-state index contributed by atoms with van der Waals surface area (Å²) >= 11 is 11.7. The van der Waals surface area contributed by atoms with E-state index in [9.17, 15) is 9.59 Å². The van der Waals surface area contributed by atoms with E-state index in [1.165, 1.54) is 14.2 Å². The number of hydrogen-bond acceptors (Lipinski definition) is 6. The molecule has 0 aliphatic carbocycles. The number of ether oxygens (including phenoxy) is 3. The monoisotopic (exact) mass is 503 g/mol. The van der Waals surface area contributed by atoms with E-state index in [1.54, 1.807) is 36.4 Å². The van der Waals surface area contributed by atoms with Gasteiger partial charge in [0.15, 0.2) is 16.6 Å². The predicted octanol–water partition coefficient (Wildman–Crippen LogP) is 4.21. The molecule has 3 rings (SSSR count). The number of anilines is 1. The number of thiocarbonyl (C=S) groups is 1. The highest BCUT2D eigenvalue weighted by atomic mass is 35.5. The van der Waals surface area contributed by atoms with Gasteiger partial charge in [-0.2, -0.15) is 0 Å². The number of para-hydroxylation sites is 1. The number of benzene rings is 2. The number of nitrogens with one attached hydrogen (secondary N) is 3. The molecule has 8 nitrogen and oxygen atoms in total. The van der Waals surface area contributed by atoms with E-state index in [0.29, 0.717) is 45.2 Å². The third-order valence-corrected chi connectivity index (χ3v) is 5.63. The number of rotatable bonds is 8. The molecule has 1 heterocycles. The van der Waals surface area contributed by atoms with Crippen molar-refractivity contribution in [1.82, 2.24) is 10.6 Å². The summed E-state index contributed by atoms with van der Waals surface area (Å²) in [5.41, 5.74) is 1.50. The molecule has 2 aromatic rings. The number of carbonyl (C=O) groups excluding carboxylic acids is 2. The van der Waals surface area contributed by atoms with Gasteiger partial charge in [0.25, 0.3) is 0 Å². The van der Waals surface area contributed by atoms with Crippen LogP contribution in [0.15, 0.2) is 48.7 Å². The summed E-state index contributed by atoms with van der Waals surface area (Å²) in [4.78, 5) is 25.7. The molecule has 10 heteroatoms. The molecule has 0 aromatic heterocycles. The molecule has 180 valence electrons. The van der Waals surface area contributed by atoms with Gasteiger partial charge in [-0.15, -0.1) is 0 Å². The number of amides is 1. The van der Waals surface area contributed by atoms with Crippen molar-refractivity contribution in [3.8, 4) is 11.5 Å². The van der Waals surface area contributed by atoms with Crippen LogP contribution in [0.2, 0.25) is 5.02 Å². The van der Waals surface area contributed by atoms with Crippen molar-refractivity contribution >= 4 is 46.5 Å². The lowest BCUT2D eigenvalue weighted by Crippen LogP contribution is -2.51. The van der Waals surface area contributed by atoms with E-state index in [0.717, 1.165) is 6.42 Å². The molecular weight excluding hydrogens is 478 g/mol. The Morgan fingerprint density at radius 2 is 1.97 bits per heavy atom. The number of hydrogen-bond donors (Lipinski definition) is 3. The maximum atomic E-state index is 13.5. The maximum absolute atomic E-state index is 13.5. The Morgan fingerprint density at radius 1 is 1.24 bits per heavy atom. The SMILES string of the molecule is C=C1NC(=S)N[C@H](c2cc(Cl)cc(OC)c2OCCC)[C@H]1C(=O)Nc1ccccc1C(=O)OC. The van der Waals surface area contributed by atoms with Gasteiger partial charge in [0.05, 0.1) is 38.1 Å². The lowest BCUT2D eigenvalue weighted by molar-refractivity contribution is -0.119. The molecule has 0 bridgehead atoms. The molecule has 0 radical (unpaired) electrons. The molecular formula is C24H26ClN3O5S. The summed E-state index contributed by atoms with van der Waals surface area (Å²) in [5, 5.41) is 9.58. The zero-order valence-corrected chi connectivity index (χ0v) is 20.6. The Bertz CT molecular complexity index is 1120. The minimum absolute atomic E-state index is 0.226. The van der Waals surface area contributed by atoms with Crippen LogP contribution in [-0.4, -0.2) is 37.8 Å². The second-order valence-electron chi connectivity index (χ2n) is 7.48. The lowest BCUT2D eigenvalue weighted by atomic mass is 9.87. The van der Waals surface area contributed by atoms with Crippen molar-refractivity contribution in [1.29, 1.82) is 0 Å². The van der Waals surface area contributed by atoms with E-state index in [1.807, 2.05) is 6.92 Å². The third-order valence-electron chi connectivity index (χ3n) is 5.20. The highest BCUT2D eigenvalue weighted by Gasteiger charge is 2.39. The minimum Gasteiger partial charge on any atom is -0.493 e. The second kappa shape index (κ2) is 11.2. The van der Waals surface area contributed by atoms with Gasteiger partial charge in [-0.05, 0) is 36.8 Å². The molecule has 34 heavy (non-hydrogen) atoms. The van der Waals surface area contributed by atoms with Crippen LogP contribution in [-0.2, 0) is 9.53 Å². The van der Waals surface area contributed by atoms with Crippen molar-refractivity contribution in [2.45, 2.75) is 19.4 Å². The number of methoxy groups -OCH3 is 2. The number of halogens is 1. The zero-order chi connectivity index (χ0) is 24.8. The molecule has 0 saturated carbocycles. The van der Waals surface area contributed by atoms with Crippen LogP contribution >= 0.6 is 23.8 Å². The van der Waals surface area contributed by atoms with Crippen LogP contribution < -0.4 is 25.4 Å². The summed E-state index contributed by atoms with van der Waals surface area (Å²) in [6, 6.07) is 9.25. The maximum Gasteiger partial charge on any atom is 0.339 e. The fraction of sp³-hybridized carbons (Fsp3) is 0.292. The molecule has 1 aliphatic heterocycles. The van der Waals surface area contributed by atoms with Crippen LogP contribution in [0.5, 0.6) is 11.5 Å². The Kier molecular flexibility index (Phi) is 8.36. The Morgan fingerprint density at radius 3 is 2.65 bits per heavy atom. The Balaban J connectivity index is 2.05.